The molecular weight excluding hydrogens is 338 g/mol. The van der Waals surface area contributed by atoms with Crippen molar-refractivity contribution in [2.75, 3.05) is 33.0 Å². The first-order valence-corrected chi connectivity index (χ1v) is 9.08. The number of hydrogen-bond donors (Lipinski definition) is 1. The average molecular weight is 363 g/mol. The smallest absolute Gasteiger partial charge is 0.323 e. The summed E-state index contributed by atoms with van der Waals surface area (Å²) in [6.07, 6.45) is 3.42. The Bertz CT molecular complexity index is 622. The summed E-state index contributed by atoms with van der Waals surface area (Å²) in [6, 6.07) is 6.78. The first-order valence-electron chi connectivity index (χ1n) is 9.08. The summed E-state index contributed by atoms with van der Waals surface area (Å²) in [5.74, 6) is -0.717. The minimum Gasteiger partial charge on any atom is -0.491 e. The van der Waals surface area contributed by atoms with E-state index >= 15 is 0 Å². The van der Waals surface area contributed by atoms with E-state index in [0.29, 0.717) is 44.0 Å². The van der Waals surface area contributed by atoms with Gasteiger partial charge in [0.2, 0.25) is 0 Å². The Morgan fingerprint density at radius 2 is 2.00 bits per heavy atom. The Labute approximate surface area is 152 Å². The van der Waals surface area contributed by atoms with Gasteiger partial charge in [-0.25, -0.2) is 0 Å². The highest BCUT2D eigenvalue weighted by Gasteiger charge is 2.28. The average Bonchev–Trinajstić information content (AvgIpc) is 3.18. The normalized spacial score (nSPS) is 20.7. The van der Waals surface area contributed by atoms with Crippen LogP contribution in [-0.4, -0.2) is 67.0 Å². The van der Waals surface area contributed by atoms with Crippen LogP contribution in [-0.2, 0) is 14.3 Å². The lowest BCUT2D eigenvalue weighted by atomic mass is 10.1. The van der Waals surface area contributed by atoms with E-state index in [1.54, 1.807) is 24.3 Å². The summed E-state index contributed by atoms with van der Waals surface area (Å²) in [6.45, 7) is 1.99. The lowest BCUT2D eigenvalue weighted by molar-refractivity contribution is -0.138. The third-order valence-electron chi connectivity index (χ3n) is 4.74. The summed E-state index contributed by atoms with van der Waals surface area (Å²) in [5, 5.41) is 9.21. The number of carboxylic acids is 1. The topological polar surface area (TPSA) is 85.3 Å². The molecule has 0 bridgehead atoms. The molecule has 7 heteroatoms. The Hall–Kier alpha value is -2.12. The molecule has 2 heterocycles. The Balaban J connectivity index is 1.68. The summed E-state index contributed by atoms with van der Waals surface area (Å²) in [5.41, 5.74) is 0.433. The highest BCUT2D eigenvalue weighted by atomic mass is 16.5. The van der Waals surface area contributed by atoms with Gasteiger partial charge in [0.25, 0.3) is 5.91 Å². The fourth-order valence-electron chi connectivity index (χ4n) is 3.36. The predicted octanol–water partition coefficient (Wildman–Crippen LogP) is 1.95. The van der Waals surface area contributed by atoms with Gasteiger partial charge in [-0.15, -0.1) is 0 Å². The summed E-state index contributed by atoms with van der Waals surface area (Å²) in [4.78, 5) is 25.6. The van der Waals surface area contributed by atoms with Crippen molar-refractivity contribution in [3.63, 3.8) is 0 Å². The number of ether oxygens (including phenoxy) is 3. The van der Waals surface area contributed by atoms with Crippen LogP contribution in [0.1, 0.15) is 36.0 Å². The summed E-state index contributed by atoms with van der Waals surface area (Å²) in [7, 11) is 0. The second-order valence-corrected chi connectivity index (χ2v) is 6.64. The fourth-order valence-corrected chi connectivity index (χ4v) is 3.36. The quantitative estimate of drug-likeness (QED) is 0.797. The van der Waals surface area contributed by atoms with Crippen molar-refractivity contribution < 1.29 is 28.9 Å². The molecule has 0 aliphatic carbocycles. The molecule has 1 amide bonds. The highest BCUT2D eigenvalue weighted by molar-refractivity contribution is 5.96. The monoisotopic (exact) mass is 363 g/mol. The van der Waals surface area contributed by atoms with E-state index < -0.39 is 5.97 Å². The number of hydrogen-bond acceptors (Lipinski definition) is 5. The van der Waals surface area contributed by atoms with Gasteiger partial charge in [-0.1, -0.05) is 6.07 Å². The molecule has 1 N–H and O–H groups in total. The van der Waals surface area contributed by atoms with Crippen LogP contribution >= 0.6 is 0 Å². The van der Waals surface area contributed by atoms with E-state index in [2.05, 4.69) is 0 Å². The van der Waals surface area contributed by atoms with Gasteiger partial charge in [0, 0.05) is 31.4 Å². The van der Waals surface area contributed by atoms with Crippen molar-refractivity contribution >= 4 is 11.9 Å². The number of rotatable bonds is 7. The molecule has 2 aliphatic rings. The molecule has 2 aliphatic heterocycles. The van der Waals surface area contributed by atoms with Crippen molar-refractivity contribution in [3.05, 3.63) is 29.8 Å². The number of carboxylic acid groups (broad SMARTS) is 1. The third kappa shape index (κ3) is 4.95. The van der Waals surface area contributed by atoms with Crippen LogP contribution < -0.4 is 4.74 Å². The van der Waals surface area contributed by atoms with Gasteiger partial charge < -0.3 is 24.2 Å². The molecule has 2 fully saturated rings. The largest absolute Gasteiger partial charge is 0.491 e. The summed E-state index contributed by atoms with van der Waals surface area (Å²) < 4.78 is 16.6. The van der Waals surface area contributed by atoms with E-state index in [0.717, 1.165) is 19.4 Å². The SMILES string of the molecule is O=C(O)CN(C(=O)c1cccc(OC[C@H]2CCCO2)c1)C1CCOCC1. The zero-order valence-corrected chi connectivity index (χ0v) is 14.8. The van der Waals surface area contributed by atoms with E-state index in [1.807, 2.05) is 0 Å². The molecule has 1 aromatic carbocycles. The highest BCUT2D eigenvalue weighted by Crippen LogP contribution is 2.21. The van der Waals surface area contributed by atoms with Crippen LogP contribution in [0.4, 0.5) is 0 Å². The molecule has 0 unspecified atom stereocenters. The zero-order valence-electron chi connectivity index (χ0n) is 14.8. The van der Waals surface area contributed by atoms with Crippen molar-refractivity contribution in [1.29, 1.82) is 0 Å². The van der Waals surface area contributed by atoms with Gasteiger partial charge >= 0.3 is 5.97 Å². The number of benzene rings is 1. The maximum atomic E-state index is 12.9. The van der Waals surface area contributed by atoms with Crippen molar-refractivity contribution in [2.24, 2.45) is 0 Å². The van der Waals surface area contributed by atoms with Crippen molar-refractivity contribution in [3.8, 4) is 5.75 Å². The molecule has 142 valence electrons. The third-order valence-corrected chi connectivity index (χ3v) is 4.74. The lowest BCUT2D eigenvalue weighted by Gasteiger charge is -2.33. The van der Waals surface area contributed by atoms with Crippen LogP contribution in [0.15, 0.2) is 24.3 Å². The van der Waals surface area contributed by atoms with Gasteiger partial charge in [0.1, 0.15) is 18.9 Å². The summed E-state index contributed by atoms with van der Waals surface area (Å²) >= 11 is 0. The Morgan fingerprint density at radius 3 is 2.69 bits per heavy atom. The predicted molar refractivity (Wildman–Crippen MR) is 93.4 cm³/mol. The molecule has 2 saturated heterocycles. The molecule has 0 saturated carbocycles. The van der Waals surface area contributed by atoms with E-state index in [1.165, 1.54) is 4.90 Å². The van der Waals surface area contributed by atoms with Crippen LogP contribution in [0.5, 0.6) is 5.75 Å². The Morgan fingerprint density at radius 1 is 1.19 bits per heavy atom. The van der Waals surface area contributed by atoms with Crippen LogP contribution in [0.25, 0.3) is 0 Å². The number of carbonyl (C=O) groups excluding carboxylic acids is 1. The first-order chi connectivity index (χ1) is 12.6. The van der Waals surface area contributed by atoms with Gasteiger partial charge in [-0.3, -0.25) is 9.59 Å². The molecular formula is C19H25NO6. The minimum absolute atomic E-state index is 0.0973. The van der Waals surface area contributed by atoms with Crippen LogP contribution in [0.3, 0.4) is 0 Å². The lowest BCUT2D eigenvalue weighted by Crippen LogP contribution is -2.46. The van der Waals surface area contributed by atoms with Crippen molar-refractivity contribution in [1.82, 2.24) is 4.90 Å². The van der Waals surface area contributed by atoms with Crippen molar-refractivity contribution in [2.45, 2.75) is 37.8 Å². The number of nitrogens with zero attached hydrogens (tertiary/aromatic N) is 1. The second-order valence-electron chi connectivity index (χ2n) is 6.64. The molecule has 0 radical (unpaired) electrons. The molecule has 26 heavy (non-hydrogen) atoms. The molecule has 0 spiro atoms. The number of aliphatic carboxylic acids is 1. The van der Waals surface area contributed by atoms with E-state index in [-0.39, 0.29) is 24.6 Å². The van der Waals surface area contributed by atoms with Gasteiger partial charge in [-0.05, 0) is 43.9 Å². The zero-order chi connectivity index (χ0) is 18.4. The van der Waals surface area contributed by atoms with E-state index in [9.17, 15) is 14.7 Å². The standard InChI is InChI=1S/C19H25NO6/c21-18(22)12-20(15-6-9-24-10-7-15)19(23)14-3-1-4-16(11-14)26-13-17-5-2-8-25-17/h1,3-4,11,15,17H,2,5-10,12-13H2,(H,21,22)/t17-/m1/s1. The molecule has 0 aromatic heterocycles. The maximum Gasteiger partial charge on any atom is 0.323 e. The molecule has 3 rings (SSSR count). The van der Waals surface area contributed by atoms with E-state index in [4.69, 9.17) is 14.2 Å². The number of carbonyl (C=O) groups is 2. The second kappa shape index (κ2) is 9.00. The number of amides is 1. The first kappa shape index (κ1) is 18.7. The fraction of sp³-hybridized carbons (Fsp3) is 0.579. The van der Waals surface area contributed by atoms with Gasteiger partial charge in [-0.2, -0.15) is 0 Å². The molecule has 7 nitrogen and oxygen atoms in total. The van der Waals surface area contributed by atoms with Crippen LogP contribution in [0, 0.1) is 0 Å². The minimum atomic E-state index is -1.02. The van der Waals surface area contributed by atoms with Crippen LogP contribution in [0.2, 0.25) is 0 Å². The van der Waals surface area contributed by atoms with Gasteiger partial charge in [0.15, 0.2) is 0 Å². The maximum absolute atomic E-state index is 12.9. The molecule has 1 atom stereocenters. The molecule has 1 aromatic rings. The Kier molecular flexibility index (Phi) is 6.46. The van der Waals surface area contributed by atoms with Gasteiger partial charge in [0.05, 0.1) is 6.10 Å².